The van der Waals surface area contributed by atoms with E-state index in [1.807, 2.05) is 0 Å². The third kappa shape index (κ3) is 3.08. The van der Waals surface area contributed by atoms with Gasteiger partial charge < -0.3 is 10.4 Å². The smallest absolute Gasteiger partial charge is 0.352 e. The summed E-state index contributed by atoms with van der Waals surface area (Å²) in [5, 5.41) is 19.1. The molecule has 23 heavy (non-hydrogen) atoms. The summed E-state index contributed by atoms with van der Waals surface area (Å²) in [5.74, 6) is -1.11. The normalized spacial score (nSPS) is 23.3. The second-order valence-electron chi connectivity index (χ2n) is 4.88. The highest BCUT2D eigenvalue weighted by Gasteiger charge is 2.53. The zero-order valence-electron chi connectivity index (χ0n) is 11.9. The van der Waals surface area contributed by atoms with Crippen LogP contribution in [0.1, 0.15) is 6.92 Å². The lowest BCUT2D eigenvalue weighted by Crippen LogP contribution is -2.70. The number of rotatable bonds is 5. The Bertz CT molecular complexity index is 690. The molecule has 0 bridgehead atoms. The van der Waals surface area contributed by atoms with Gasteiger partial charge >= 0.3 is 5.97 Å². The first-order valence-electron chi connectivity index (χ1n) is 6.55. The molecular formula is C12H12N4O4S3. The number of hydrogen-bond acceptors (Lipinski definition) is 8. The van der Waals surface area contributed by atoms with E-state index in [2.05, 4.69) is 15.5 Å². The van der Waals surface area contributed by atoms with Crippen LogP contribution in [0.3, 0.4) is 0 Å². The van der Waals surface area contributed by atoms with E-state index in [1.54, 1.807) is 12.4 Å². The van der Waals surface area contributed by atoms with Crippen molar-refractivity contribution in [1.29, 1.82) is 0 Å². The number of hydrogen-bond donors (Lipinski definition) is 2. The number of nitrogens with zero attached hydrogens (tertiary/aromatic N) is 3. The van der Waals surface area contributed by atoms with Gasteiger partial charge in [0.2, 0.25) is 5.91 Å². The monoisotopic (exact) mass is 372 g/mol. The highest BCUT2D eigenvalue weighted by molar-refractivity contribution is 8.01. The van der Waals surface area contributed by atoms with Crippen LogP contribution in [-0.2, 0) is 14.4 Å². The van der Waals surface area contributed by atoms with Crippen molar-refractivity contribution in [3.05, 3.63) is 16.8 Å². The van der Waals surface area contributed by atoms with E-state index in [0.717, 1.165) is 0 Å². The number of carboxylic acid groups (broad SMARTS) is 1. The molecule has 11 heteroatoms. The van der Waals surface area contributed by atoms with Gasteiger partial charge in [0, 0.05) is 5.75 Å². The van der Waals surface area contributed by atoms with Gasteiger partial charge in [-0.15, -0.1) is 22.0 Å². The molecule has 122 valence electrons. The third-order valence-electron chi connectivity index (χ3n) is 3.34. The number of aromatic nitrogens is 2. The van der Waals surface area contributed by atoms with E-state index in [9.17, 15) is 19.5 Å². The van der Waals surface area contributed by atoms with Crippen LogP contribution < -0.4 is 5.32 Å². The number of carboxylic acids is 1. The van der Waals surface area contributed by atoms with Crippen molar-refractivity contribution in [2.75, 3.05) is 11.5 Å². The lowest BCUT2D eigenvalue weighted by atomic mass is 10.0. The van der Waals surface area contributed by atoms with Gasteiger partial charge in [-0.2, -0.15) is 0 Å². The van der Waals surface area contributed by atoms with Gasteiger partial charge in [-0.1, -0.05) is 23.1 Å². The summed E-state index contributed by atoms with van der Waals surface area (Å²) in [5.41, 5.74) is 2.27. The fourth-order valence-electron chi connectivity index (χ4n) is 2.34. The average Bonchev–Trinajstić information content (AvgIpc) is 3.03. The highest BCUT2D eigenvalue weighted by atomic mass is 32.2. The van der Waals surface area contributed by atoms with Crippen molar-refractivity contribution >= 4 is 52.6 Å². The molecule has 0 radical (unpaired) electrons. The first kappa shape index (κ1) is 16.3. The Morgan fingerprint density at radius 1 is 1.57 bits per heavy atom. The summed E-state index contributed by atoms with van der Waals surface area (Å²) in [7, 11) is 0. The maximum absolute atomic E-state index is 12.2. The molecule has 1 saturated heterocycles. The number of fused-ring (bicyclic) bond motifs is 1. The lowest BCUT2D eigenvalue weighted by Gasteiger charge is -2.49. The Morgan fingerprint density at radius 2 is 2.35 bits per heavy atom. The number of amides is 2. The third-order valence-corrected chi connectivity index (χ3v) is 6.63. The zero-order valence-corrected chi connectivity index (χ0v) is 14.3. The molecule has 2 N–H and O–H groups in total. The Labute approximate surface area is 143 Å². The lowest BCUT2D eigenvalue weighted by molar-refractivity contribution is -0.150. The Hall–Kier alpha value is -1.59. The van der Waals surface area contributed by atoms with Crippen molar-refractivity contribution in [2.24, 2.45) is 0 Å². The summed E-state index contributed by atoms with van der Waals surface area (Å²) in [4.78, 5) is 36.7. The molecule has 1 unspecified atom stereocenters. The van der Waals surface area contributed by atoms with Crippen LogP contribution in [-0.4, -0.2) is 60.9 Å². The summed E-state index contributed by atoms with van der Waals surface area (Å²) in [6, 6.07) is -0.676. The number of β-lactam (4-membered cyclic amide) rings is 1. The number of nitrogens with one attached hydrogen (secondary N) is 1. The predicted octanol–water partition coefficient (Wildman–Crippen LogP) is 0.389. The van der Waals surface area contributed by atoms with Gasteiger partial charge in [-0.25, -0.2) is 4.79 Å². The van der Waals surface area contributed by atoms with Gasteiger partial charge in [0.25, 0.3) is 5.91 Å². The molecule has 0 spiro atoms. The molecule has 1 fully saturated rings. The zero-order chi connectivity index (χ0) is 16.6. The van der Waals surface area contributed by atoms with E-state index in [1.165, 1.54) is 39.8 Å². The van der Waals surface area contributed by atoms with Gasteiger partial charge in [-0.05, 0) is 12.5 Å². The van der Waals surface area contributed by atoms with Crippen molar-refractivity contribution in [2.45, 2.75) is 22.7 Å². The van der Waals surface area contributed by atoms with Crippen LogP contribution in [0.15, 0.2) is 21.1 Å². The van der Waals surface area contributed by atoms with Crippen molar-refractivity contribution in [3.63, 3.8) is 0 Å². The van der Waals surface area contributed by atoms with Gasteiger partial charge in [0.1, 0.15) is 22.6 Å². The first-order valence-corrected chi connectivity index (χ1v) is 9.46. The van der Waals surface area contributed by atoms with Crippen LogP contribution in [0.2, 0.25) is 0 Å². The van der Waals surface area contributed by atoms with Crippen LogP contribution in [0, 0.1) is 0 Å². The fourth-order valence-corrected chi connectivity index (χ4v) is 4.94. The number of carbonyl (C=O) groups is 3. The molecule has 2 aliphatic heterocycles. The van der Waals surface area contributed by atoms with Gasteiger partial charge in [0.05, 0.1) is 5.75 Å². The molecule has 2 aliphatic rings. The molecule has 2 amide bonds. The minimum Gasteiger partial charge on any atom is -0.477 e. The molecular weight excluding hydrogens is 360 g/mol. The quantitative estimate of drug-likeness (QED) is 0.564. The fraction of sp³-hybridized carbons (Fsp3) is 0.417. The Balaban J connectivity index is 1.60. The van der Waals surface area contributed by atoms with Crippen molar-refractivity contribution < 1.29 is 19.5 Å². The van der Waals surface area contributed by atoms with Crippen molar-refractivity contribution in [3.8, 4) is 0 Å². The van der Waals surface area contributed by atoms with Crippen LogP contribution >= 0.6 is 34.9 Å². The van der Waals surface area contributed by atoms with Gasteiger partial charge in [-0.3, -0.25) is 14.5 Å². The number of carbonyl (C=O) groups excluding carboxylic acids is 2. The van der Waals surface area contributed by atoms with E-state index in [4.69, 9.17) is 0 Å². The van der Waals surface area contributed by atoms with Crippen molar-refractivity contribution in [1.82, 2.24) is 20.4 Å². The van der Waals surface area contributed by atoms with E-state index < -0.39 is 12.0 Å². The van der Waals surface area contributed by atoms with E-state index >= 15 is 0 Å². The summed E-state index contributed by atoms with van der Waals surface area (Å²) in [6.07, 6.45) is 0. The standard InChI is InChI=1S/C12H12N4O4S3/c1-5-2-21-10-7(9(18)16(10)8(5)11(19)20)14-6(17)3-22-12-15-13-4-23-12/h4,7,10H,2-3H2,1H3,(H,14,17)(H,19,20)/t7?,10-/m1/s1. The molecule has 0 saturated carbocycles. The molecule has 3 heterocycles. The highest BCUT2D eigenvalue weighted by Crippen LogP contribution is 2.40. The molecule has 0 aromatic carbocycles. The summed E-state index contributed by atoms with van der Waals surface area (Å²) >= 11 is 4.04. The molecule has 0 aliphatic carbocycles. The Morgan fingerprint density at radius 3 is 3.00 bits per heavy atom. The summed E-state index contributed by atoms with van der Waals surface area (Å²) in [6.45, 7) is 1.70. The second-order valence-corrected chi connectivity index (χ2v) is 8.04. The number of aliphatic carboxylic acids is 1. The van der Waals surface area contributed by atoms with Crippen LogP contribution in [0.5, 0.6) is 0 Å². The van der Waals surface area contributed by atoms with Gasteiger partial charge in [0.15, 0.2) is 4.34 Å². The van der Waals surface area contributed by atoms with Crippen LogP contribution in [0.25, 0.3) is 0 Å². The largest absolute Gasteiger partial charge is 0.477 e. The predicted molar refractivity (Wildman–Crippen MR) is 86.0 cm³/mol. The maximum atomic E-state index is 12.2. The minimum absolute atomic E-state index is 0.0347. The second kappa shape index (κ2) is 6.49. The Kier molecular flexibility index (Phi) is 4.60. The number of thioether (sulfide) groups is 2. The molecule has 2 atom stereocenters. The molecule has 3 rings (SSSR count). The summed E-state index contributed by atoms with van der Waals surface area (Å²) < 4.78 is 0.681. The van der Waals surface area contributed by atoms with E-state index in [-0.39, 0.29) is 28.6 Å². The average molecular weight is 372 g/mol. The minimum atomic E-state index is -1.11. The molecule has 8 nitrogen and oxygen atoms in total. The maximum Gasteiger partial charge on any atom is 0.352 e. The molecule has 1 aromatic rings. The first-order chi connectivity index (χ1) is 11.0. The molecule has 1 aromatic heterocycles. The topological polar surface area (TPSA) is 112 Å². The van der Waals surface area contributed by atoms with E-state index in [0.29, 0.717) is 15.7 Å². The van der Waals surface area contributed by atoms with Crippen LogP contribution in [0.4, 0.5) is 0 Å². The SMILES string of the molecule is CC1=C(C(=O)O)N2C(=O)C(NC(=O)CSc3nncs3)[C@H]2SC1.